The minimum atomic E-state index is -3.53. The molecule has 21 heteroatoms. The molecule has 6 heterocycles. The van der Waals surface area contributed by atoms with E-state index in [1.54, 1.807) is 45.8 Å². The monoisotopic (exact) mass is 580 g/mol. The van der Waals surface area contributed by atoms with Gasteiger partial charge in [0.2, 0.25) is 0 Å². The molecule has 13 nitrogen and oxygen atoms in total. The van der Waals surface area contributed by atoms with E-state index in [-0.39, 0.29) is 18.9 Å². The van der Waals surface area contributed by atoms with Gasteiger partial charge in [0.25, 0.3) is 0 Å². The highest BCUT2D eigenvalue weighted by Crippen LogP contribution is 2.46. The fraction of sp³-hybridized carbons (Fsp3) is 1.00. The predicted octanol–water partition coefficient (Wildman–Crippen LogP) is 0.208. The van der Waals surface area contributed by atoms with Gasteiger partial charge in [-0.3, -0.25) is 0 Å². The molecule has 0 aromatic carbocycles. The summed E-state index contributed by atoms with van der Waals surface area (Å²) in [6.07, 6.45) is 0.0314. The highest BCUT2D eigenvalue weighted by atomic mass is 28.6. The summed E-state index contributed by atoms with van der Waals surface area (Å²) in [5.41, 5.74) is 0. The van der Waals surface area contributed by atoms with Crippen LogP contribution in [0.2, 0.25) is 51.9 Å². The van der Waals surface area contributed by atoms with Crippen LogP contribution in [0.3, 0.4) is 0 Å². The minimum Gasteiger partial charge on any atom is -0.396 e. The fourth-order valence-electron chi connectivity index (χ4n) is 4.83. The molecule has 0 aromatic rings. The molecule has 0 spiro atoms. The van der Waals surface area contributed by atoms with Crippen molar-refractivity contribution in [3.8, 4) is 0 Å². The first-order chi connectivity index (χ1) is 14.0. The van der Waals surface area contributed by atoms with Gasteiger partial charge in [-0.15, -0.1) is 0 Å². The molecule has 6 aliphatic rings. The van der Waals surface area contributed by atoms with Gasteiger partial charge in [0.05, 0.1) is 6.23 Å². The summed E-state index contributed by atoms with van der Waals surface area (Å²) in [7, 11) is -27.8. The van der Waals surface area contributed by atoms with Gasteiger partial charge in [0, 0.05) is 58.5 Å². The normalized spacial score (nSPS) is 61.2. The van der Waals surface area contributed by atoms with Crippen molar-refractivity contribution in [2.24, 2.45) is 0 Å². The number of aliphatic hydroxyl groups is 1. The van der Waals surface area contributed by atoms with E-state index in [1.165, 1.54) is 0 Å². The maximum atomic E-state index is 9.89. The van der Waals surface area contributed by atoms with E-state index >= 15 is 0 Å². The van der Waals surface area contributed by atoms with Crippen molar-refractivity contribution >= 4 is 70.2 Å². The summed E-state index contributed by atoms with van der Waals surface area (Å²) < 4.78 is 77.8. The molecule has 6 aliphatic heterocycles. The predicted molar refractivity (Wildman–Crippen MR) is 117 cm³/mol. The third kappa shape index (κ3) is 4.36. The molecule has 1 N–H and O–H groups in total. The molecule has 4 atom stereocenters. The first-order valence-corrected chi connectivity index (χ1v) is 27.8. The van der Waals surface area contributed by atoms with Crippen LogP contribution in [-0.2, 0) is 49.7 Å². The molecule has 0 aliphatic carbocycles. The van der Waals surface area contributed by atoms with Crippen LogP contribution in [0, 0.1) is 0 Å². The highest BCUT2D eigenvalue weighted by Gasteiger charge is 2.76. The second-order valence-electron chi connectivity index (χ2n) is 8.83. The standard InChI is InChI=1S/C10H28O13Si8/c1-24-12-10-31(9-8-11)22-29(6)18-25(2,13-24)15-27(4)16-26(3,14-24)19-30(7,23-31)21-28(5,17-27)20-29/h11H,8-10H2,1-7H3. The minimum absolute atomic E-state index is 0.0314. The van der Waals surface area contributed by atoms with Gasteiger partial charge in [-0.2, -0.15) is 0 Å². The summed E-state index contributed by atoms with van der Waals surface area (Å²) >= 11 is 0. The molecule has 178 valence electrons. The van der Waals surface area contributed by atoms with E-state index in [0.29, 0.717) is 0 Å². The van der Waals surface area contributed by atoms with Crippen molar-refractivity contribution in [1.82, 2.24) is 0 Å². The maximum Gasteiger partial charge on any atom is 0.482 e. The lowest BCUT2D eigenvalue weighted by Gasteiger charge is -2.56. The van der Waals surface area contributed by atoms with Crippen molar-refractivity contribution in [1.29, 1.82) is 0 Å². The van der Waals surface area contributed by atoms with Gasteiger partial charge in [-0.05, 0) is 0 Å². The summed E-state index contributed by atoms with van der Waals surface area (Å²) in [4.78, 5) is 0. The average Bonchev–Trinajstić information content (AvgIpc) is 2.49. The van der Waals surface area contributed by atoms with Crippen LogP contribution in [-0.4, -0.2) is 88.1 Å². The summed E-state index contributed by atoms with van der Waals surface area (Å²) in [6.45, 7) is 12.0. The number of hydrogen-bond donors (Lipinski definition) is 1. The third-order valence-electron chi connectivity index (χ3n) is 5.13. The quantitative estimate of drug-likeness (QED) is 0.447. The van der Waals surface area contributed by atoms with Crippen LogP contribution in [0.1, 0.15) is 0 Å². The fourth-order valence-corrected chi connectivity index (χ4v) is 49.5. The summed E-state index contributed by atoms with van der Waals surface area (Å²) in [6, 6.07) is 0.200. The van der Waals surface area contributed by atoms with E-state index < -0.39 is 70.2 Å². The topological polar surface area (TPSA) is 131 Å². The SMILES string of the molecule is C[Si]12OC[Si]3(CCO)O[Si]4(C)O[Si](C)(O1)O[Si]1(C)O[Si](C)(O2)O[Si](C)(O3)O[Si](C)(O4)O1. The van der Waals surface area contributed by atoms with E-state index in [1.807, 2.05) is 0 Å². The molecule has 0 amide bonds. The Kier molecular flexibility index (Phi) is 5.34. The number of fused-ring (bicyclic) bond motifs is 1. The zero-order chi connectivity index (χ0) is 22.6. The zero-order valence-electron chi connectivity index (χ0n) is 18.5. The Labute approximate surface area is 189 Å². The van der Waals surface area contributed by atoms with Crippen LogP contribution in [0.5, 0.6) is 0 Å². The Morgan fingerprint density at radius 3 is 1.10 bits per heavy atom. The molecule has 4 unspecified atom stereocenters. The van der Waals surface area contributed by atoms with Gasteiger partial charge in [-0.1, -0.05) is 0 Å². The summed E-state index contributed by atoms with van der Waals surface area (Å²) in [5.74, 6) is 0. The van der Waals surface area contributed by atoms with Crippen LogP contribution in [0.4, 0.5) is 0 Å². The Balaban J connectivity index is 1.79. The molecule has 31 heavy (non-hydrogen) atoms. The Bertz CT molecular complexity index is 751. The van der Waals surface area contributed by atoms with Crippen molar-refractivity contribution in [2.45, 2.75) is 51.9 Å². The van der Waals surface area contributed by atoms with Gasteiger partial charge >= 0.3 is 70.2 Å². The lowest BCUT2D eigenvalue weighted by atomic mass is 10.9. The molecule has 8 bridgehead atoms. The number of aliphatic hydroxyl groups excluding tert-OH is 1. The Hall–Kier alpha value is 1.22. The molecular weight excluding hydrogens is 553 g/mol. The zero-order valence-corrected chi connectivity index (χ0v) is 26.5. The second kappa shape index (κ2) is 6.91. The van der Waals surface area contributed by atoms with E-state index in [0.717, 1.165) is 0 Å². The van der Waals surface area contributed by atoms with Gasteiger partial charge < -0.3 is 54.8 Å². The van der Waals surface area contributed by atoms with Crippen LogP contribution in [0.15, 0.2) is 0 Å². The van der Waals surface area contributed by atoms with Crippen molar-refractivity contribution < 1.29 is 54.8 Å². The van der Waals surface area contributed by atoms with Gasteiger partial charge in [0.1, 0.15) is 0 Å². The van der Waals surface area contributed by atoms with Crippen LogP contribution >= 0.6 is 0 Å². The Morgan fingerprint density at radius 2 is 0.774 bits per heavy atom. The molecule has 0 radical (unpaired) electrons. The van der Waals surface area contributed by atoms with Crippen molar-refractivity contribution in [3.05, 3.63) is 0 Å². The largest absolute Gasteiger partial charge is 0.482 e. The molecule has 6 saturated heterocycles. The van der Waals surface area contributed by atoms with Crippen molar-refractivity contribution in [2.75, 3.05) is 12.8 Å². The molecule has 6 rings (SSSR count). The lowest BCUT2D eigenvalue weighted by molar-refractivity contribution is 0.0166. The van der Waals surface area contributed by atoms with Crippen molar-refractivity contribution in [3.63, 3.8) is 0 Å². The smallest absolute Gasteiger partial charge is 0.396 e. The third-order valence-corrected chi connectivity index (χ3v) is 40.3. The summed E-state index contributed by atoms with van der Waals surface area (Å²) in [5, 5.41) is 9.89. The lowest BCUT2D eigenvalue weighted by Crippen LogP contribution is -2.82. The van der Waals surface area contributed by atoms with Crippen LogP contribution < -0.4 is 0 Å². The van der Waals surface area contributed by atoms with E-state index in [2.05, 4.69) is 0 Å². The molecule has 0 aromatic heterocycles. The molecule has 6 fully saturated rings. The maximum absolute atomic E-state index is 9.89. The average molecular weight is 581 g/mol. The van der Waals surface area contributed by atoms with Gasteiger partial charge in [0.15, 0.2) is 0 Å². The van der Waals surface area contributed by atoms with Gasteiger partial charge in [-0.25, -0.2) is 0 Å². The number of rotatable bonds is 2. The molecule has 0 saturated carbocycles. The first kappa shape index (κ1) is 23.9. The van der Waals surface area contributed by atoms with E-state index in [4.69, 9.17) is 49.7 Å². The second-order valence-corrected chi connectivity index (χ2v) is 32.8. The number of hydrogen-bond acceptors (Lipinski definition) is 13. The first-order valence-electron chi connectivity index (χ1n) is 10.0. The van der Waals surface area contributed by atoms with Crippen LogP contribution in [0.25, 0.3) is 0 Å². The van der Waals surface area contributed by atoms with E-state index in [9.17, 15) is 5.11 Å². The molecular formula is C10H28O13Si8. The Morgan fingerprint density at radius 1 is 0.484 bits per heavy atom. The highest BCUT2D eigenvalue weighted by molar-refractivity contribution is 7.00.